The highest BCUT2D eigenvalue weighted by molar-refractivity contribution is 5.64. The summed E-state index contributed by atoms with van der Waals surface area (Å²) < 4.78 is 15.8. The number of benzene rings is 2. The van der Waals surface area contributed by atoms with Crippen molar-refractivity contribution in [2.24, 2.45) is 0 Å². The lowest BCUT2D eigenvalue weighted by Gasteiger charge is -2.30. The van der Waals surface area contributed by atoms with E-state index in [2.05, 4.69) is 11.8 Å². The topological polar surface area (TPSA) is 48.0 Å². The minimum atomic E-state index is -0.727. The molecule has 1 atom stereocenters. The molecular formula is C20H25NO4. The van der Waals surface area contributed by atoms with E-state index in [0.29, 0.717) is 11.5 Å². The fourth-order valence-electron chi connectivity index (χ4n) is 2.44. The summed E-state index contributed by atoms with van der Waals surface area (Å²) in [4.78, 5) is 14.1. The van der Waals surface area contributed by atoms with E-state index >= 15 is 0 Å². The van der Waals surface area contributed by atoms with E-state index in [-0.39, 0.29) is 0 Å². The van der Waals surface area contributed by atoms with E-state index in [1.54, 1.807) is 31.4 Å². The van der Waals surface area contributed by atoms with Crippen LogP contribution in [0.2, 0.25) is 0 Å². The first-order valence-electron chi connectivity index (χ1n) is 8.48. The van der Waals surface area contributed by atoms with Crippen LogP contribution in [-0.2, 0) is 4.74 Å². The molecule has 0 amide bonds. The number of hydrogen-bond acceptors (Lipinski definition) is 5. The van der Waals surface area contributed by atoms with Crippen molar-refractivity contribution in [2.45, 2.75) is 32.9 Å². The summed E-state index contributed by atoms with van der Waals surface area (Å²) >= 11 is 0. The van der Waals surface area contributed by atoms with E-state index in [9.17, 15) is 4.79 Å². The maximum atomic E-state index is 12.1. The average Bonchev–Trinajstić information content (AvgIpc) is 2.63. The van der Waals surface area contributed by atoms with Gasteiger partial charge in [-0.05, 0) is 49.7 Å². The summed E-state index contributed by atoms with van der Waals surface area (Å²) in [5.41, 5.74) is 1.01. The van der Waals surface area contributed by atoms with Gasteiger partial charge in [0, 0.05) is 12.2 Å². The first-order chi connectivity index (χ1) is 12.1. The van der Waals surface area contributed by atoms with Crippen molar-refractivity contribution in [3.05, 3.63) is 54.6 Å². The van der Waals surface area contributed by atoms with Gasteiger partial charge in [0.1, 0.15) is 11.5 Å². The molecule has 0 aliphatic carbocycles. The van der Waals surface area contributed by atoms with Crippen molar-refractivity contribution < 1.29 is 19.0 Å². The fourth-order valence-corrected chi connectivity index (χ4v) is 2.44. The number of hydrogen-bond donors (Lipinski definition) is 0. The summed E-state index contributed by atoms with van der Waals surface area (Å²) in [6.45, 7) is 4.78. The Labute approximate surface area is 149 Å². The Hall–Kier alpha value is -2.69. The van der Waals surface area contributed by atoms with E-state index < -0.39 is 12.4 Å². The summed E-state index contributed by atoms with van der Waals surface area (Å²) in [5.74, 6) is 1.11. The van der Waals surface area contributed by atoms with Crippen LogP contribution in [-0.4, -0.2) is 26.0 Å². The number of methoxy groups -OCH3 is 1. The van der Waals surface area contributed by atoms with E-state index in [1.807, 2.05) is 37.3 Å². The first-order valence-corrected chi connectivity index (χ1v) is 8.48. The number of rotatable bonds is 8. The van der Waals surface area contributed by atoms with Gasteiger partial charge in [-0.15, -0.1) is 0 Å². The van der Waals surface area contributed by atoms with Crippen LogP contribution in [0, 0.1) is 0 Å². The zero-order valence-corrected chi connectivity index (χ0v) is 15.0. The molecule has 5 heteroatoms. The number of carbonyl (C=O) groups is 1. The third-order valence-corrected chi connectivity index (χ3v) is 3.81. The molecule has 0 saturated carbocycles. The Balaban J connectivity index is 1.98. The van der Waals surface area contributed by atoms with Gasteiger partial charge >= 0.3 is 6.16 Å². The van der Waals surface area contributed by atoms with Crippen LogP contribution < -0.4 is 14.4 Å². The highest BCUT2D eigenvalue weighted by atomic mass is 16.7. The van der Waals surface area contributed by atoms with Gasteiger partial charge in [-0.2, -0.15) is 0 Å². The molecule has 25 heavy (non-hydrogen) atoms. The normalized spacial score (nSPS) is 11.5. The number of unbranched alkanes of at least 4 members (excludes halogenated alkanes) is 1. The number of ether oxygens (including phenoxy) is 3. The molecule has 2 aromatic carbocycles. The predicted molar refractivity (Wildman–Crippen MR) is 98.3 cm³/mol. The predicted octanol–water partition coefficient (Wildman–Crippen LogP) is 4.86. The maximum absolute atomic E-state index is 12.1. The Kier molecular flexibility index (Phi) is 7.14. The molecule has 0 saturated heterocycles. The van der Waals surface area contributed by atoms with Gasteiger partial charge < -0.3 is 19.1 Å². The summed E-state index contributed by atoms with van der Waals surface area (Å²) in [6, 6.07) is 16.7. The minimum absolute atomic E-state index is 0.415. The second-order valence-corrected chi connectivity index (χ2v) is 5.63. The summed E-state index contributed by atoms with van der Waals surface area (Å²) in [5, 5.41) is 0. The molecule has 134 valence electrons. The van der Waals surface area contributed by atoms with Gasteiger partial charge in [-0.25, -0.2) is 4.79 Å². The molecule has 2 rings (SSSR count). The Morgan fingerprint density at radius 3 is 2.28 bits per heavy atom. The van der Waals surface area contributed by atoms with Crippen LogP contribution >= 0.6 is 0 Å². The standard InChI is InChI=1S/C20H25NO4/c1-4-5-15-21(17-9-7-6-8-10-17)16(2)24-20(22)25-19-13-11-18(23-3)12-14-19/h6-14,16H,4-5,15H2,1-3H3. The van der Waals surface area contributed by atoms with Crippen molar-refractivity contribution in [2.75, 3.05) is 18.6 Å². The summed E-state index contributed by atoms with van der Waals surface area (Å²) in [6.07, 6.45) is 0.914. The molecular weight excluding hydrogens is 318 g/mol. The van der Waals surface area contributed by atoms with Crippen LogP contribution in [0.15, 0.2) is 54.6 Å². The third kappa shape index (κ3) is 5.71. The van der Waals surface area contributed by atoms with Gasteiger partial charge in [0.05, 0.1) is 7.11 Å². The molecule has 0 aromatic heterocycles. The van der Waals surface area contributed by atoms with Crippen molar-refractivity contribution in [1.82, 2.24) is 0 Å². The lowest BCUT2D eigenvalue weighted by molar-refractivity contribution is 0.0640. The van der Waals surface area contributed by atoms with Crippen LogP contribution in [0.4, 0.5) is 10.5 Å². The smallest absolute Gasteiger partial charge is 0.497 e. The molecule has 0 N–H and O–H groups in total. The largest absolute Gasteiger partial charge is 0.515 e. The lowest BCUT2D eigenvalue weighted by Crippen LogP contribution is -2.38. The molecule has 0 aliphatic rings. The molecule has 0 radical (unpaired) electrons. The minimum Gasteiger partial charge on any atom is -0.497 e. The van der Waals surface area contributed by atoms with Gasteiger partial charge in [-0.1, -0.05) is 31.5 Å². The monoisotopic (exact) mass is 343 g/mol. The quantitative estimate of drug-likeness (QED) is 0.389. The first kappa shape index (κ1) is 18.6. The van der Waals surface area contributed by atoms with E-state index in [0.717, 1.165) is 25.1 Å². The van der Waals surface area contributed by atoms with Gasteiger partial charge in [0.2, 0.25) is 0 Å². The van der Waals surface area contributed by atoms with Crippen molar-refractivity contribution >= 4 is 11.8 Å². The van der Waals surface area contributed by atoms with Crippen LogP contribution in [0.25, 0.3) is 0 Å². The SMILES string of the molecule is CCCCN(c1ccccc1)C(C)OC(=O)Oc1ccc(OC)cc1. The molecule has 5 nitrogen and oxygen atoms in total. The molecule has 1 unspecified atom stereocenters. The second kappa shape index (κ2) is 9.57. The molecule has 0 heterocycles. The van der Waals surface area contributed by atoms with E-state index in [4.69, 9.17) is 14.2 Å². The fraction of sp³-hybridized carbons (Fsp3) is 0.350. The summed E-state index contributed by atoms with van der Waals surface area (Å²) in [7, 11) is 1.58. The molecule has 0 bridgehead atoms. The van der Waals surface area contributed by atoms with Gasteiger partial charge in [0.15, 0.2) is 6.23 Å². The average molecular weight is 343 g/mol. The highest BCUT2D eigenvalue weighted by Crippen LogP contribution is 2.20. The molecule has 0 fully saturated rings. The van der Waals surface area contributed by atoms with Gasteiger partial charge in [0.25, 0.3) is 0 Å². The molecule has 0 aliphatic heterocycles. The van der Waals surface area contributed by atoms with E-state index in [1.165, 1.54) is 0 Å². The Morgan fingerprint density at radius 2 is 1.68 bits per heavy atom. The second-order valence-electron chi connectivity index (χ2n) is 5.63. The number of anilines is 1. The Morgan fingerprint density at radius 1 is 1.04 bits per heavy atom. The van der Waals surface area contributed by atoms with Crippen molar-refractivity contribution in [3.8, 4) is 11.5 Å². The van der Waals surface area contributed by atoms with Gasteiger partial charge in [-0.3, -0.25) is 0 Å². The highest BCUT2D eigenvalue weighted by Gasteiger charge is 2.19. The lowest BCUT2D eigenvalue weighted by atomic mass is 10.2. The Bertz CT molecular complexity index is 643. The van der Waals surface area contributed by atoms with Crippen molar-refractivity contribution in [1.29, 1.82) is 0 Å². The zero-order chi connectivity index (χ0) is 18.1. The van der Waals surface area contributed by atoms with Crippen molar-refractivity contribution in [3.63, 3.8) is 0 Å². The number of nitrogens with zero attached hydrogens (tertiary/aromatic N) is 1. The molecule has 2 aromatic rings. The van der Waals surface area contributed by atoms with Crippen LogP contribution in [0.3, 0.4) is 0 Å². The zero-order valence-electron chi connectivity index (χ0n) is 15.0. The van der Waals surface area contributed by atoms with Crippen LogP contribution in [0.1, 0.15) is 26.7 Å². The maximum Gasteiger partial charge on any atom is 0.515 e. The van der Waals surface area contributed by atoms with Crippen LogP contribution in [0.5, 0.6) is 11.5 Å². The number of para-hydroxylation sites is 1. The third-order valence-electron chi connectivity index (χ3n) is 3.81. The number of carbonyl (C=O) groups excluding carboxylic acids is 1. The molecule has 0 spiro atoms.